The third kappa shape index (κ3) is 3.22. The highest BCUT2D eigenvalue weighted by Gasteiger charge is 2.53. The molecule has 2 aliphatic heterocycles. The Morgan fingerprint density at radius 3 is 2.63 bits per heavy atom. The van der Waals surface area contributed by atoms with Crippen LogP contribution in [0, 0.1) is 5.41 Å². The molecule has 3 aromatic heterocycles. The van der Waals surface area contributed by atoms with Crippen LogP contribution in [0.3, 0.4) is 0 Å². The molecule has 10 nitrogen and oxygen atoms in total. The Kier molecular flexibility index (Phi) is 4.68. The van der Waals surface area contributed by atoms with Gasteiger partial charge in [0.05, 0.1) is 12.2 Å². The summed E-state index contributed by atoms with van der Waals surface area (Å²) in [5.74, 6) is 0.658. The number of imidazole rings is 1. The number of hydrogen-bond donors (Lipinski definition) is 0. The molecule has 0 saturated carbocycles. The summed E-state index contributed by atoms with van der Waals surface area (Å²) in [6, 6.07) is 3.60. The molecule has 2 aliphatic rings. The average Bonchev–Trinajstić information content (AvgIpc) is 3.48. The van der Waals surface area contributed by atoms with Crippen LogP contribution in [0.5, 0.6) is 0 Å². The van der Waals surface area contributed by atoms with Gasteiger partial charge in [-0.25, -0.2) is 13.4 Å². The molecule has 2 saturated heterocycles. The van der Waals surface area contributed by atoms with Crippen molar-refractivity contribution in [3.8, 4) is 11.5 Å². The maximum atomic E-state index is 13.2. The number of hydrogen-bond acceptors (Lipinski definition) is 8. The molecule has 0 radical (unpaired) electrons. The summed E-state index contributed by atoms with van der Waals surface area (Å²) in [5.41, 5.74) is 0.475. The third-order valence-corrected chi connectivity index (χ3v) is 7.75. The number of sulfonamides is 1. The SMILES string of the molecule is Cn1cnc(S(=O)(=O)N2CC(c3nnc(-c4ccncc4)o3)C3(CCOCC3)C2)c1. The second-order valence-electron chi connectivity index (χ2n) is 7.88. The molecular weight excluding hydrogens is 408 g/mol. The van der Waals surface area contributed by atoms with Gasteiger partial charge in [-0.15, -0.1) is 10.2 Å². The van der Waals surface area contributed by atoms with Crippen molar-refractivity contribution in [3.63, 3.8) is 0 Å². The van der Waals surface area contributed by atoms with Crippen LogP contribution in [0.1, 0.15) is 24.7 Å². The van der Waals surface area contributed by atoms with Crippen molar-refractivity contribution in [2.24, 2.45) is 12.5 Å². The summed E-state index contributed by atoms with van der Waals surface area (Å²) >= 11 is 0. The number of rotatable bonds is 4. The summed E-state index contributed by atoms with van der Waals surface area (Å²) in [6.45, 7) is 1.82. The van der Waals surface area contributed by atoms with E-state index in [9.17, 15) is 8.42 Å². The highest BCUT2D eigenvalue weighted by atomic mass is 32.2. The molecule has 3 aromatic rings. The first kappa shape index (κ1) is 19.3. The topological polar surface area (TPSA) is 116 Å². The van der Waals surface area contributed by atoms with Crippen molar-refractivity contribution in [1.29, 1.82) is 0 Å². The number of pyridine rings is 1. The number of aromatic nitrogens is 5. The van der Waals surface area contributed by atoms with Crippen LogP contribution in [0.25, 0.3) is 11.5 Å². The molecule has 0 bridgehead atoms. The van der Waals surface area contributed by atoms with E-state index < -0.39 is 10.0 Å². The summed E-state index contributed by atoms with van der Waals surface area (Å²) < 4.78 is 41.2. The average molecular weight is 430 g/mol. The third-order valence-electron chi connectivity index (χ3n) is 6.06. The molecule has 1 atom stereocenters. The lowest BCUT2D eigenvalue weighted by Crippen LogP contribution is -2.37. The standard InChI is InChI=1S/C19H22N6O4S/c1-24-11-16(21-13-24)30(26,27)25-10-15(19(12-25)4-8-28-9-5-19)18-23-22-17(29-18)14-2-6-20-7-3-14/h2-3,6-7,11,13,15H,4-5,8-10,12H2,1H3. The smallest absolute Gasteiger partial charge is 0.262 e. The lowest BCUT2D eigenvalue weighted by atomic mass is 9.72. The second-order valence-corrected chi connectivity index (χ2v) is 9.77. The fourth-order valence-corrected chi connectivity index (χ4v) is 5.89. The van der Waals surface area contributed by atoms with Gasteiger partial charge in [0.25, 0.3) is 10.0 Å². The van der Waals surface area contributed by atoms with Gasteiger partial charge in [-0.3, -0.25) is 4.98 Å². The molecule has 0 amide bonds. The lowest BCUT2D eigenvalue weighted by Gasteiger charge is -2.36. The highest BCUT2D eigenvalue weighted by Crippen LogP contribution is 2.50. The summed E-state index contributed by atoms with van der Waals surface area (Å²) in [5, 5.41) is 8.55. The molecule has 2 fully saturated rings. The molecule has 30 heavy (non-hydrogen) atoms. The van der Waals surface area contributed by atoms with Crippen LogP contribution in [-0.4, -0.2) is 63.8 Å². The fraction of sp³-hybridized carbons (Fsp3) is 0.474. The van der Waals surface area contributed by atoms with Gasteiger partial charge in [0.1, 0.15) is 0 Å². The monoisotopic (exact) mass is 430 g/mol. The van der Waals surface area contributed by atoms with Crippen molar-refractivity contribution in [2.75, 3.05) is 26.3 Å². The second kappa shape index (κ2) is 7.25. The van der Waals surface area contributed by atoms with E-state index in [0.717, 1.165) is 18.4 Å². The fourth-order valence-electron chi connectivity index (χ4n) is 4.37. The zero-order valence-electron chi connectivity index (χ0n) is 16.5. The zero-order chi connectivity index (χ0) is 20.8. The minimum Gasteiger partial charge on any atom is -0.420 e. The number of nitrogens with zero attached hydrogens (tertiary/aromatic N) is 6. The predicted octanol–water partition coefficient (Wildman–Crippen LogP) is 1.45. The van der Waals surface area contributed by atoms with E-state index in [0.29, 0.717) is 31.5 Å². The van der Waals surface area contributed by atoms with Crippen molar-refractivity contribution < 1.29 is 17.6 Å². The first-order valence-corrected chi connectivity index (χ1v) is 11.2. The Morgan fingerprint density at radius 1 is 1.17 bits per heavy atom. The van der Waals surface area contributed by atoms with Gasteiger partial charge in [-0.05, 0) is 25.0 Å². The zero-order valence-corrected chi connectivity index (χ0v) is 17.3. The van der Waals surface area contributed by atoms with E-state index >= 15 is 0 Å². The Hall–Kier alpha value is -2.63. The van der Waals surface area contributed by atoms with E-state index in [2.05, 4.69) is 20.2 Å². The molecule has 0 N–H and O–H groups in total. The molecular formula is C19H22N6O4S. The van der Waals surface area contributed by atoms with Crippen molar-refractivity contribution in [3.05, 3.63) is 42.9 Å². The number of aryl methyl sites for hydroxylation is 1. The van der Waals surface area contributed by atoms with Crippen molar-refractivity contribution in [1.82, 2.24) is 29.0 Å². The molecule has 11 heteroatoms. The Balaban J connectivity index is 1.50. The normalized spacial score (nSPS) is 22.0. The minimum atomic E-state index is -3.72. The molecule has 0 aromatic carbocycles. The summed E-state index contributed by atoms with van der Waals surface area (Å²) in [6.07, 6.45) is 7.81. The Morgan fingerprint density at radius 2 is 1.93 bits per heavy atom. The van der Waals surface area contributed by atoms with E-state index in [1.54, 1.807) is 36.1 Å². The summed E-state index contributed by atoms with van der Waals surface area (Å²) in [4.78, 5) is 8.06. The molecule has 158 valence electrons. The largest absolute Gasteiger partial charge is 0.420 e. The van der Waals surface area contributed by atoms with E-state index in [-0.39, 0.29) is 22.9 Å². The van der Waals surface area contributed by atoms with E-state index in [4.69, 9.17) is 9.15 Å². The molecule has 5 rings (SSSR count). The Labute approximate surface area is 174 Å². The van der Waals surface area contributed by atoms with Crippen LogP contribution in [0.4, 0.5) is 0 Å². The lowest BCUT2D eigenvalue weighted by molar-refractivity contribution is 0.0112. The maximum absolute atomic E-state index is 13.2. The van der Waals surface area contributed by atoms with Crippen LogP contribution in [0.2, 0.25) is 0 Å². The molecule has 0 aliphatic carbocycles. The Bertz CT molecular complexity index is 1140. The van der Waals surface area contributed by atoms with E-state index in [1.165, 1.54) is 16.8 Å². The van der Waals surface area contributed by atoms with Crippen LogP contribution in [0.15, 0.2) is 46.5 Å². The minimum absolute atomic E-state index is 0.0517. The maximum Gasteiger partial charge on any atom is 0.262 e. The van der Waals surface area contributed by atoms with Crippen LogP contribution < -0.4 is 0 Å². The van der Waals surface area contributed by atoms with Crippen molar-refractivity contribution >= 4 is 10.0 Å². The van der Waals surface area contributed by atoms with Gasteiger partial charge in [0.2, 0.25) is 11.8 Å². The molecule has 5 heterocycles. The number of ether oxygens (including phenoxy) is 1. The van der Waals surface area contributed by atoms with Gasteiger partial charge >= 0.3 is 0 Å². The first-order chi connectivity index (χ1) is 14.5. The molecule has 1 spiro atoms. The quantitative estimate of drug-likeness (QED) is 0.611. The van der Waals surface area contributed by atoms with Gasteiger partial charge in [0, 0.05) is 62.9 Å². The van der Waals surface area contributed by atoms with Gasteiger partial charge < -0.3 is 13.7 Å². The van der Waals surface area contributed by atoms with Gasteiger partial charge in [-0.1, -0.05) is 0 Å². The molecule has 1 unspecified atom stereocenters. The van der Waals surface area contributed by atoms with Crippen LogP contribution in [-0.2, 0) is 21.8 Å². The van der Waals surface area contributed by atoms with E-state index in [1.807, 2.05) is 0 Å². The van der Waals surface area contributed by atoms with Crippen LogP contribution >= 0.6 is 0 Å². The first-order valence-electron chi connectivity index (χ1n) is 9.78. The highest BCUT2D eigenvalue weighted by molar-refractivity contribution is 7.89. The van der Waals surface area contributed by atoms with Gasteiger partial charge in [0.15, 0.2) is 5.03 Å². The van der Waals surface area contributed by atoms with Gasteiger partial charge in [-0.2, -0.15) is 4.31 Å². The predicted molar refractivity (Wildman–Crippen MR) is 105 cm³/mol. The van der Waals surface area contributed by atoms with Crippen molar-refractivity contribution in [2.45, 2.75) is 23.8 Å². The summed E-state index contributed by atoms with van der Waals surface area (Å²) in [7, 11) is -1.97.